The second-order valence-electron chi connectivity index (χ2n) is 6.69. The number of H-pyrrole nitrogens is 1. The maximum absolute atomic E-state index is 11.9. The van der Waals surface area contributed by atoms with Gasteiger partial charge in [0.25, 0.3) is 5.56 Å². The van der Waals surface area contributed by atoms with E-state index in [1.807, 2.05) is 24.3 Å². The molecule has 0 saturated carbocycles. The molecule has 0 amide bonds. The van der Waals surface area contributed by atoms with Gasteiger partial charge < -0.3 is 10.3 Å². The molecule has 0 radical (unpaired) electrons. The molecule has 3 aromatic rings. The fraction of sp³-hybridized carbons (Fsp3) is 0.250. The Kier molecular flexibility index (Phi) is 6.09. The molecule has 0 aliphatic rings. The Hall–Kier alpha value is -3.04. The SMILES string of the molecule is CNS(=O)(=O)Cc1cccc(CNc2ccc(-c3nc(C)c(C)c(=O)[nH]3)cn2)c1. The highest BCUT2D eigenvalue weighted by Gasteiger charge is 2.09. The van der Waals surface area contributed by atoms with Gasteiger partial charge >= 0.3 is 0 Å². The van der Waals surface area contributed by atoms with Crippen LogP contribution in [-0.2, 0) is 22.3 Å². The third-order valence-electron chi connectivity index (χ3n) is 4.56. The van der Waals surface area contributed by atoms with E-state index < -0.39 is 10.0 Å². The molecule has 8 nitrogen and oxygen atoms in total. The van der Waals surface area contributed by atoms with Gasteiger partial charge in [-0.05, 0) is 44.2 Å². The Bertz CT molecular complexity index is 1170. The lowest BCUT2D eigenvalue weighted by Crippen LogP contribution is -2.20. The summed E-state index contributed by atoms with van der Waals surface area (Å²) in [6, 6.07) is 11.0. The number of rotatable bonds is 7. The van der Waals surface area contributed by atoms with E-state index >= 15 is 0 Å². The summed E-state index contributed by atoms with van der Waals surface area (Å²) in [5.41, 5.74) is 3.51. The van der Waals surface area contributed by atoms with Crippen LogP contribution in [-0.4, -0.2) is 30.4 Å². The van der Waals surface area contributed by atoms with Gasteiger partial charge in [0, 0.05) is 29.6 Å². The smallest absolute Gasteiger partial charge is 0.254 e. The van der Waals surface area contributed by atoms with Crippen molar-refractivity contribution in [3.8, 4) is 11.4 Å². The summed E-state index contributed by atoms with van der Waals surface area (Å²) in [5, 5.41) is 3.21. The number of pyridine rings is 1. The molecular formula is C20H23N5O3S. The van der Waals surface area contributed by atoms with Crippen LogP contribution in [0.3, 0.4) is 0 Å². The van der Waals surface area contributed by atoms with Crippen molar-refractivity contribution in [3.05, 3.63) is 75.3 Å². The van der Waals surface area contributed by atoms with Crippen LogP contribution in [0.1, 0.15) is 22.4 Å². The molecular weight excluding hydrogens is 390 g/mol. The minimum atomic E-state index is -3.31. The first-order valence-electron chi connectivity index (χ1n) is 9.04. The molecule has 29 heavy (non-hydrogen) atoms. The minimum Gasteiger partial charge on any atom is -0.366 e. The summed E-state index contributed by atoms with van der Waals surface area (Å²) in [5.74, 6) is 1.08. The van der Waals surface area contributed by atoms with Crippen molar-refractivity contribution in [3.63, 3.8) is 0 Å². The number of anilines is 1. The van der Waals surface area contributed by atoms with Crippen LogP contribution in [0.2, 0.25) is 0 Å². The molecule has 0 saturated heterocycles. The molecule has 0 bridgehead atoms. The number of sulfonamides is 1. The van der Waals surface area contributed by atoms with E-state index in [2.05, 4.69) is 25.0 Å². The van der Waals surface area contributed by atoms with Gasteiger partial charge in [-0.25, -0.2) is 23.1 Å². The van der Waals surface area contributed by atoms with E-state index in [0.29, 0.717) is 35.0 Å². The quantitative estimate of drug-likeness (QED) is 0.546. The normalized spacial score (nSPS) is 11.4. The lowest BCUT2D eigenvalue weighted by molar-refractivity contribution is 0.587. The molecule has 3 N–H and O–H groups in total. The Morgan fingerprint density at radius 1 is 1.10 bits per heavy atom. The van der Waals surface area contributed by atoms with Crippen molar-refractivity contribution in [2.45, 2.75) is 26.1 Å². The molecule has 0 fully saturated rings. The van der Waals surface area contributed by atoms with Crippen LogP contribution >= 0.6 is 0 Å². The number of nitrogens with zero attached hydrogens (tertiary/aromatic N) is 2. The van der Waals surface area contributed by atoms with Crippen molar-refractivity contribution in [1.29, 1.82) is 0 Å². The van der Waals surface area contributed by atoms with E-state index in [1.54, 1.807) is 32.2 Å². The Balaban J connectivity index is 1.69. The van der Waals surface area contributed by atoms with E-state index in [-0.39, 0.29) is 11.3 Å². The van der Waals surface area contributed by atoms with Gasteiger partial charge in [-0.3, -0.25) is 4.79 Å². The monoisotopic (exact) mass is 413 g/mol. The predicted molar refractivity (Wildman–Crippen MR) is 113 cm³/mol. The summed E-state index contributed by atoms with van der Waals surface area (Å²) in [4.78, 5) is 23.5. The third-order valence-corrected chi connectivity index (χ3v) is 5.90. The van der Waals surface area contributed by atoms with Crippen molar-refractivity contribution < 1.29 is 8.42 Å². The van der Waals surface area contributed by atoms with Crippen LogP contribution in [0.15, 0.2) is 47.4 Å². The lowest BCUT2D eigenvalue weighted by Gasteiger charge is -2.09. The number of aromatic nitrogens is 3. The van der Waals surface area contributed by atoms with Crippen LogP contribution in [0.5, 0.6) is 0 Å². The van der Waals surface area contributed by atoms with Gasteiger partial charge in [0.15, 0.2) is 0 Å². The highest BCUT2D eigenvalue weighted by atomic mass is 32.2. The first kappa shape index (κ1) is 20.7. The number of nitrogens with one attached hydrogen (secondary N) is 3. The van der Waals surface area contributed by atoms with Crippen LogP contribution in [0.4, 0.5) is 5.82 Å². The first-order chi connectivity index (χ1) is 13.8. The number of aryl methyl sites for hydroxylation is 1. The van der Waals surface area contributed by atoms with Crippen molar-refractivity contribution in [2.24, 2.45) is 0 Å². The standard InChI is InChI=1S/C20H23N5O3S/c1-13-14(2)24-19(25-20(13)26)17-7-8-18(23-11-17)22-10-15-5-4-6-16(9-15)12-29(27,28)21-3/h4-9,11,21H,10,12H2,1-3H3,(H,22,23)(H,24,25,26). The second-order valence-corrected chi connectivity index (χ2v) is 8.62. The molecule has 152 valence electrons. The number of hydrogen-bond donors (Lipinski definition) is 3. The maximum Gasteiger partial charge on any atom is 0.254 e. The molecule has 2 aromatic heterocycles. The van der Waals surface area contributed by atoms with Gasteiger partial charge in [0.05, 0.1) is 5.75 Å². The second kappa shape index (κ2) is 8.54. The molecule has 0 spiro atoms. The fourth-order valence-electron chi connectivity index (χ4n) is 2.73. The highest BCUT2D eigenvalue weighted by Crippen LogP contribution is 2.16. The van der Waals surface area contributed by atoms with E-state index in [9.17, 15) is 13.2 Å². The van der Waals surface area contributed by atoms with Gasteiger partial charge in [-0.1, -0.05) is 24.3 Å². The average Bonchev–Trinajstić information content (AvgIpc) is 2.70. The molecule has 0 atom stereocenters. The maximum atomic E-state index is 11.9. The lowest BCUT2D eigenvalue weighted by atomic mass is 10.1. The van der Waals surface area contributed by atoms with Crippen molar-refractivity contribution >= 4 is 15.8 Å². The Labute approximate surface area is 169 Å². The van der Waals surface area contributed by atoms with Crippen LogP contribution in [0.25, 0.3) is 11.4 Å². The van der Waals surface area contributed by atoms with Gasteiger partial charge in [0.2, 0.25) is 10.0 Å². The number of aromatic amines is 1. The topological polar surface area (TPSA) is 117 Å². The summed E-state index contributed by atoms with van der Waals surface area (Å²) < 4.78 is 25.7. The van der Waals surface area contributed by atoms with Crippen molar-refractivity contribution in [1.82, 2.24) is 19.7 Å². The van der Waals surface area contributed by atoms with E-state index in [4.69, 9.17) is 0 Å². The van der Waals surface area contributed by atoms with Gasteiger partial charge in [0.1, 0.15) is 11.6 Å². The summed E-state index contributed by atoms with van der Waals surface area (Å²) in [6.07, 6.45) is 1.64. The molecule has 2 heterocycles. The third kappa shape index (κ3) is 5.27. The highest BCUT2D eigenvalue weighted by molar-refractivity contribution is 7.88. The van der Waals surface area contributed by atoms with E-state index in [1.165, 1.54) is 7.05 Å². The minimum absolute atomic E-state index is 0.0640. The number of hydrogen-bond acceptors (Lipinski definition) is 6. The number of benzene rings is 1. The summed E-state index contributed by atoms with van der Waals surface area (Å²) in [7, 11) is -1.91. The predicted octanol–water partition coefficient (Wildman–Crippen LogP) is 2.11. The molecule has 1 aromatic carbocycles. The molecule has 3 rings (SSSR count). The zero-order chi connectivity index (χ0) is 21.0. The summed E-state index contributed by atoms with van der Waals surface area (Å²) in [6.45, 7) is 4.03. The van der Waals surface area contributed by atoms with Gasteiger partial charge in [-0.2, -0.15) is 0 Å². The van der Waals surface area contributed by atoms with Gasteiger partial charge in [-0.15, -0.1) is 0 Å². The van der Waals surface area contributed by atoms with Crippen LogP contribution < -0.4 is 15.6 Å². The summed E-state index contributed by atoms with van der Waals surface area (Å²) >= 11 is 0. The zero-order valence-electron chi connectivity index (χ0n) is 16.5. The Morgan fingerprint density at radius 2 is 1.86 bits per heavy atom. The van der Waals surface area contributed by atoms with Crippen LogP contribution in [0, 0.1) is 13.8 Å². The zero-order valence-corrected chi connectivity index (χ0v) is 17.3. The fourth-order valence-corrected chi connectivity index (χ4v) is 3.50. The molecule has 0 aliphatic heterocycles. The Morgan fingerprint density at radius 3 is 2.52 bits per heavy atom. The largest absolute Gasteiger partial charge is 0.366 e. The molecule has 0 unspecified atom stereocenters. The molecule has 0 aliphatic carbocycles. The van der Waals surface area contributed by atoms with E-state index in [0.717, 1.165) is 11.1 Å². The first-order valence-corrected chi connectivity index (χ1v) is 10.7. The molecule has 9 heteroatoms. The van der Waals surface area contributed by atoms with Crippen molar-refractivity contribution in [2.75, 3.05) is 12.4 Å². The average molecular weight is 414 g/mol.